The van der Waals surface area contributed by atoms with Crippen molar-refractivity contribution in [2.75, 3.05) is 16.6 Å². The summed E-state index contributed by atoms with van der Waals surface area (Å²) in [5.41, 5.74) is 3.20. The van der Waals surface area contributed by atoms with Gasteiger partial charge in [-0.2, -0.15) is 0 Å². The first-order chi connectivity index (χ1) is 19.6. The number of rotatable bonds is 8. The van der Waals surface area contributed by atoms with E-state index in [9.17, 15) is 18.0 Å². The summed E-state index contributed by atoms with van der Waals surface area (Å²) in [7, 11) is -3.86. The highest BCUT2D eigenvalue weighted by atomic mass is 32.2. The smallest absolute Gasteiger partial charge is 0.339 e. The normalized spacial score (nSPS) is 14.3. The first-order valence-electron chi connectivity index (χ1n) is 13.3. The highest BCUT2D eigenvalue weighted by molar-refractivity contribution is 7.92. The van der Waals surface area contributed by atoms with Crippen LogP contribution < -0.4 is 10.0 Å². The van der Waals surface area contributed by atoms with Crippen LogP contribution in [0.4, 0.5) is 11.5 Å². The minimum Gasteiger partial charge on any atom is -0.449 e. The number of aromatic nitrogens is 2. The molecule has 4 aromatic rings. The molecule has 1 amide bonds. The van der Waals surface area contributed by atoms with E-state index in [0.29, 0.717) is 34.7 Å². The number of anilines is 2. The van der Waals surface area contributed by atoms with E-state index in [-0.39, 0.29) is 10.7 Å². The third-order valence-corrected chi connectivity index (χ3v) is 8.37. The van der Waals surface area contributed by atoms with Crippen molar-refractivity contribution in [3.8, 4) is 0 Å². The summed E-state index contributed by atoms with van der Waals surface area (Å²) in [6.07, 6.45) is 1.10. The summed E-state index contributed by atoms with van der Waals surface area (Å²) >= 11 is 0. The molecule has 1 atom stereocenters. The molecule has 0 bridgehead atoms. The first-order valence-corrected chi connectivity index (χ1v) is 14.8. The number of esters is 1. The van der Waals surface area contributed by atoms with Gasteiger partial charge in [0.25, 0.3) is 15.9 Å². The van der Waals surface area contributed by atoms with Crippen LogP contribution in [0, 0.1) is 0 Å². The standard InChI is InChI=1S/C30H31N5O5S/c1-19(2)35-17-15-26-24(18-35)28(23-8-4-5-9-25(23)33-26)30(37)40-20(3)29(36)32-21-11-13-22(14-12-21)41(38,39)34-27-10-6-7-16-31-27/h4-14,16,19-20H,15,17-18H2,1-3H3,(H,31,34)(H,32,36). The molecule has 2 N–H and O–H groups in total. The van der Waals surface area contributed by atoms with Crippen molar-refractivity contribution in [3.63, 3.8) is 0 Å². The van der Waals surface area contributed by atoms with Gasteiger partial charge in [-0.05, 0) is 63.2 Å². The summed E-state index contributed by atoms with van der Waals surface area (Å²) in [4.78, 5) is 37.6. The molecule has 10 nitrogen and oxygen atoms in total. The Morgan fingerprint density at radius 2 is 1.71 bits per heavy atom. The molecule has 3 heterocycles. The Bertz CT molecular complexity index is 1690. The van der Waals surface area contributed by atoms with Crippen LogP contribution in [-0.4, -0.2) is 53.9 Å². The fraction of sp³-hybridized carbons (Fsp3) is 0.267. The van der Waals surface area contributed by atoms with Crippen molar-refractivity contribution in [2.24, 2.45) is 0 Å². The summed E-state index contributed by atoms with van der Waals surface area (Å²) in [5, 5.41) is 3.37. The van der Waals surface area contributed by atoms with Crippen LogP contribution in [0.1, 0.15) is 42.4 Å². The van der Waals surface area contributed by atoms with Gasteiger partial charge in [-0.25, -0.2) is 18.2 Å². The lowest BCUT2D eigenvalue weighted by Gasteiger charge is -2.32. The van der Waals surface area contributed by atoms with Gasteiger partial charge in [0, 0.05) is 54.1 Å². The second kappa shape index (κ2) is 11.6. The zero-order chi connectivity index (χ0) is 29.1. The predicted molar refractivity (Wildman–Crippen MR) is 156 cm³/mol. The highest BCUT2D eigenvalue weighted by Gasteiger charge is 2.29. The monoisotopic (exact) mass is 573 g/mol. The molecule has 0 radical (unpaired) electrons. The molecule has 2 aromatic carbocycles. The molecule has 1 aliphatic rings. The molecule has 41 heavy (non-hydrogen) atoms. The number of pyridine rings is 2. The Balaban J connectivity index is 1.30. The van der Waals surface area contributed by atoms with Gasteiger partial charge in [0.05, 0.1) is 16.0 Å². The van der Waals surface area contributed by atoms with Crippen molar-refractivity contribution in [1.82, 2.24) is 14.9 Å². The molecule has 0 aliphatic carbocycles. The molecular weight excluding hydrogens is 542 g/mol. The molecule has 0 saturated carbocycles. The van der Waals surface area contributed by atoms with E-state index in [2.05, 4.69) is 33.8 Å². The zero-order valence-electron chi connectivity index (χ0n) is 23.0. The maximum Gasteiger partial charge on any atom is 0.339 e. The second-order valence-corrected chi connectivity index (χ2v) is 11.8. The van der Waals surface area contributed by atoms with Crippen molar-refractivity contribution >= 4 is 44.3 Å². The average molecular weight is 574 g/mol. The maximum absolute atomic E-state index is 13.6. The molecule has 0 saturated heterocycles. The second-order valence-electron chi connectivity index (χ2n) is 10.1. The fourth-order valence-corrected chi connectivity index (χ4v) is 5.75. The molecule has 1 unspecified atom stereocenters. The van der Waals surface area contributed by atoms with Gasteiger partial charge in [-0.3, -0.25) is 19.4 Å². The molecule has 2 aromatic heterocycles. The number of para-hydroxylation sites is 1. The van der Waals surface area contributed by atoms with E-state index >= 15 is 0 Å². The number of amides is 1. The topological polar surface area (TPSA) is 131 Å². The maximum atomic E-state index is 13.6. The Labute approximate surface area is 238 Å². The molecule has 11 heteroatoms. The number of ether oxygens (including phenoxy) is 1. The van der Waals surface area contributed by atoms with E-state index in [0.717, 1.165) is 24.2 Å². The summed E-state index contributed by atoms with van der Waals surface area (Å²) in [5.74, 6) is -0.938. The largest absolute Gasteiger partial charge is 0.449 e. The average Bonchev–Trinajstić information content (AvgIpc) is 2.96. The fourth-order valence-electron chi connectivity index (χ4n) is 4.74. The quantitative estimate of drug-likeness (QED) is 0.297. The summed E-state index contributed by atoms with van der Waals surface area (Å²) < 4.78 is 33.4. The number of carbonyl (C=O) groups excluding carboxylic acids is 2. The van der Waals surface area contributed by atoms with Crippen LogP contribution in [0.3, 0.4) is 0 Å². The Morgan fingerprint density at radius 1 is 0.976 bits per heavy atom. The van der Waals surface area contributed by atoms with Crippen molar-refractivity contribution < 1.29 is 22.7 Å². The van der Waals surface area contributed by atoms with E-state index in [1.807, 2.05) is 24.3 Å². The Morgan fingerprint density at radius 3 is 2.41 bits per heavy atom. The van der Waals surface area contributed by atoms with Crippen molar-refractivity contribution in [3.05, 3.63) is 89.7 Å². The number of carbonyl (C=O) groups is 2. The molecule has 1 aliphatic heterocycles. The number of hydrogen-bond donors (Lipinski definition) is 2. The number of fused-ring (bicyclic) bond motifs is 2. The minimum atomic E-state index is -3.86. The lowest BCUT2D eigenvalue weighted by molar-refractivity contribution is -0.123. The predicted octanol–water partition coefficient (Wildman–Crippen LogP) is 4.38. The molecular formula is C30H31N5O5S. The summed E-state index contributed by atoms with van der Waals surface area (Å²) in [6.45, 7) is 7.15. The number of nitrogens with zero attached hydrogens (tertiary/aromatic N) is 3. The number of nitrogens with one attached hydrogen (secondary N) is 2. The Hall–Kier alpha value is -4.35. The lowest BCUT2D eigenvalue weighted by atomic mass is 9.95. The van der Waals surface area contributed by atoms with E-state index in [1.54, 1.807) is 18.2 Å². The van der Waals surface area contributed by atoms with Crippen molar-refractivity contribution in [1.29, 1.82) is 0 Å². The van der Waals surface area contributed by atoms with Crippen LogP contribution in [0.2, 0.25) is 0 Å². The zero-order valence-corrected chi connectivity index (χ0v) is 23.8. The Kier molecular flexibility index (Phi) is 8.00. The van der Waals surface area contributed by atoms with E-state index < -0.39 is 28.0 Å². The van der Waals surface area contributed by atoms with Crippen LogP contribution in [-0.2, 0) is 32.5 Å². The molecule has 212 valence electrons. The van der Waals surface area contributed by atoms with Gasteiger partial charge in [-0.15, -0.1) is 0 Å². The summed E-state index contributed by atoms with van der Waals surface area (Å²) in [6, 6.07) is 18.3. The van der Waals surface area contributed by atoms with Crippen LogP contribution in [0.15, 0.2) is 77.8 Å². The minimum absolute atomic E-state index is 0.00501. The van der Waals surface area contributed by atoms with Gasteiger partial charge in [0.15, 0.2) is 6.10 Å². The molecule has 0 fully saturated rings. The molecule has 0 spiro atoms. The third-order valence-electron chi connectivity index (χ3n) is 7.00. The van der Waals surface area contributed by atoms with Gasteiger partial charge in [-0.1, -0.05) is 24.3 Å². The number of benzene rings is 2. The lowest BCUT2D eigenvalue weighted by Crippen LogP contribution is -2.37. The van der Waals surface area contributed by atoms with Gasteiger partial charge in [0.1, 0.15) is 5.82 Å². The SMILES string of the molecule is CC(OC(=O)c1c2c(nc3ccccc13)CCN(C(C)C)C2)C(=O)Nc1ccc(S(=O)(=O)Nc2ccccn2)cc1. The molecule has 5 rings (SSSR count). The number of hydrogen-bond acceptors (Lipinski definition) is 8. The van der Waals surface area contributed by atoms with Crippen molar-refractivity contribution in [2.45, 2.75) is 50.8 Å². The van der Waals surface area contributed by atoms with Crippen LogP contribution >= 0.6 is 0 Å². The number of sulfonamides is 1. The van der Waals surface area contributed by atoms with Crippen LogP contribution in [0.25, 0.3) is 10.9 Å². The third kappa shape index (κ3) is 6.21. The van der Waals surface area contributed by atoms with Gasteiger partial charge >= 0.3 is 5.97 Å². The van der Waals surface area contributed by atoms with E-state index in [1.165, 1.54) is 37.4 Å². The first kappa shape index (κ1) is 28.2. The van der Waals surface area contributed by atoms with Gasteiger partial charge in [0.2, 0.25) is 0 Å². The van der Waals surface area contributed by atoms with E-state index in [4.69, 9.17) is 9.72 Å². The highest BCUT2D eigenvalue weighted by Crippen LogP contribution is 2.30. The van der Waals surface area contributed by atoms with Crippen LogP contribution in [0.5, 0.6) is 0 Å². The van der Waals surface area contributed by atoms with Gasteiger partial charge < -0.3 is 10.1 Å².